The van der Waals surface area contributed by atoms with E-state index in [-0.39, 0.29) is 46.1 Å². The van der Waals surface area contributed by atoms with Crippen molar-refractivity contribution in [3.05, 3.63) is 149 Å². The first-order valence-electron chi connectivity index (χ1n) is 32.0. The van der Waals surface area contributed by atoms with E-state index in [0.29, 0.717) is 77.0 Å². The van der Waals surface area contributed by atoms with E-state index in [2.05, 4.69) is 98.0 Å². The number of aromatic amines is 6. The summed E-state index contributed by atoms with van der Waals surface area (Å²) in [6.45, 7) is 7.76. The van der Waals surface area contributed by atoms with E-state index < -0.39 is 35.8 Å². The number of nitrogens with zero attached hydrogens (tertiary/aromatic N) is 12. The number of rotatable bonds is 29. The van der Waals surface area contributed by atoms with Gasteiger partial charge in [0.15, 0.2) is 34.9 Å². The van der Waals surface area contributed by atoms with Gasteiger partial charge in [0.1, 0.15) is 34.6 Å². The average molecular weight is 1640 g/mol. The number of halogens is 1. The number of carboxylic acid groups (broad SMARTS) is 6. The molecule has 6 aromatic heterocycles. The van der Waals surface area contributed by atoms with Gasteiger partial charge in [-0.3, -0.25) is 59.4 Å². The lowest BCUT2D eigenvalue weighted by Gasteiger charge is -2.05. The Kier molecular flexibility index (Phi) is 34.1. The van der Waals surface area contributed by atoms with Crippen LogP contribution in [-0.4, -0.2) is 226 Å². The molecule has 6 aromatic carbocycles. The highest BCUT2D eigenvalue weighted by Gasteiger charge is 2.17. The number of hydrogen-bond acceptors (Lipinski definition) is 29. The number of nitrogens with one attached hydrogen (secondary N) is 6. The Morgan fingerprint density at radius 3 is 1.04 bits per heavy atom. The molecule has 0 fully saturated rings. The second kappa shape index (κ2) is 43.9. The molecule has 0 unspecified atom stereocenters. The predicted octanol–water partition coefficient (Wildman–Crippen LogP) is 11.3. The van der Waals surface area contributed by atoms with E-state index in [1.807, 2.05) is 92.7 Å². The fourth-order valence-electron chi connectivity index (χ4n) is 8.67. The van der Waals surface area contributed by atoms with E-state index in [1.54, 1.807) is 65.7 Å². The summed E-state index contributed by atoms with van der Waals surface area (Å²) in [7, 11) is 6.44. The zero-order chi connectivity index (χ0) is 80.5. The number of aromatic nitrogens is 18. The van der Waals surface area contributed by atoms with Crippen LogP contribution in [0, 0.1) is 26.6 Å². The number of thioether (sulfide) groups is 6. The van der Waals surface area contributed by atoms with Crippen LogP contribution in [0.25, 0.3) is 68.3 Å². The van der Waals surface area contributed by atoms with Crippen LogP contribution < -0.4 is 18.9 Å². The van der Waals surface area contributed by atoms with Gasteiger partial charge in [-0.05, 0) is 122 Å². The molecular weight excluding hydrogens is 1560 g/mol. The topological polar surface area (TPSA) is 530 Å². The Morgan fingerprint density at radius 2 is 0.685 bits per heavy atom. The molecule has 111 heavy (non-hydrogen) atoms. The van der Waals surface area contributed by atoms with Gasteiger partial charge in [0.25, 0.3) is 0 Å². The monoisotopic (exact) mass is 1630 g/mol. The smallest absolute Gasteiger partial charge is 0.313 e. The normalized spacial score (nSPS) is 10.4. The third kappa shape index (κ3) is 28.8. The van der Waals surface area contributed by atoms with Crippen LogP contribution in [0.4, 0.5) is 4.39 Å². The molecule has 0 amide bonds. The maximum absolute atomic E-state index is 13.0. The highest BCUT2D eigenvalue weighted by Crippen LogP contribution is 2.31. The minimum Gasteiger partial charge on any atom is -0.508 e. The Balaban J connectivity index is 0.000000185. The quantitative estimate of drug-likeness (QED) is 0.0194. The van der Waals surface area contributed by atoms with Crippen LogP contribution in [0.1, 0.15) is 29.2 Å². The molecule has 0 bridgehead atoms. The fraction of sp³-hybridized carbons (Fsp3) is 0.217. The van der Waals surface area contributed by atoms with Crippen molar-refractivity contribution in [1.29, 1.82) is 0 Å². The van der Waals surface area contributed by atoms with E-state index in [4.69, 9.17) is 49.6 Å². The van der Waals surface area contributed by atoms with Crippen LogP contribution in [0.3, 0.4) is 0 Å². The van der Waals surface area contributed by atoms with Gasteiger partial charge in [0.2, 0.25) is 30.9 Å². The molecule has 0 saturated heterocycles. The zero-order valence-corrected chi connectivity index (χ0v) is 64.8. The van der Waals surface area contributed by atoms with Gasteiger partial charge in [-0.15, -0.1) is 30.6 Å². The molecule has 0 atom stereocenters. The van der Waals surface area contributed by atoms with E-state index in [1.165, 1.54) is 12.1 Å². The molecule has 12 rings (SSSR count). The van der Waals surface area contributed by atoms with Crippen molar-refractivity contribution >= 4 is 106 Å². The molecule has 6 heterocycles. The van der Waals surface area contributed by atoms with Crippen molar-refractivity contribution in [1.82, 2.24) is 91.1 Å². The number of carbonyl (C=O) groups is 6. The Labute approximate surface area is 655 Å². The summed E-state index contributed by atoms with van der Waals surface area (Å²) in [6.07, 6.45) is 0.888. The van der Waals surface area contributed by atoms with Crippen LogP contribution in [0.2, 0.25) is 0 Å². The molecule has 0 spiro atoms. The number of aromatic hydroxyl groups is 1. The first-order chi connectivity index (χ1) is 53.2. The number of methoxy groups -OCH3 is 4. The summed E-state index contributed by atoms with van der Waals surface area (Å²) in [5, 5.41) is 104. The minimum atomic E-state index is -0.938. The number of benzene rings is 6. The van der Waals surface area contributed by atoms with Crippen LogP contribution >= 0.6 is 70.6 Å². The first kappa shape index (κ1) is 86.2. The second-order valence-electron chi connectivity index (χ2n) is 21.9. The fourth-order valence-corrected chi connectivity index (χ4v) is 11.8. The summed E-state index contributed by atoms with van der Waals surface area (Å²) >= 11 is 6.34. The lowest BCUT2D eigenvalue weighted by Crippen LogP contribution is -1.97. The molecule has 35 nitrogen and oxygen atoms in total. The van der Waals surface area contributed by atoms with Crippen molar-refractivity contribution in [2.45, 2.75) is 65.1 Å². The van der Waals surface area contributed by atoms with E-state index in [0.717, 1.165) is 144 Å². The van der Waals surface area contributed by atoms with Gasteiger partial charge in [0.05, 0.1) is 63.0 Å². The number of hydrogen-bond donors (Lipinski definition) is 13. The largest absolute Gasteiger partial charge is 0.508 e. The third-order valence-corrected chi connectivity index (χ3v) is 18.9. The number of aryl methyl sites for hydroxylation is 4. The minimum absolute atomic E-state index is 0.0566. The van der Waals surface area contributed by atoms with Crippen LogP contribution in [0.15, 0.2) is 152 Å². The Bertz CT molecular complexity index is 5070. The van der Waals surface area contributed by atoms with Gasteiger partial charge < -0.3 is 54.7 Å². The van der Waals surface area contributed by atoms with Crippen molar-refractivity contribution in [3.8, 4) is 97.1 Å². The summed E-state index contributed by atoms with van der Waals surface area (Å²) < 4.78 is 33.8. The molecule has 13 N–H and O–H groups in total. The van der Waals surface area contributed by atoms with Crippen molar-refractivity contribution in [2.75, 3.05) is 63.0 Å². The first-order valence-corrected chi connectivity index (χ1v) is 37.9. The predicted molar refractivity (Wildman–Crippen MR) is 412 cm³/mol. The SMILES string of the molecule is CCc1cc(OC)cc(-c2nc(SCC(=O)O)n[nH]2)c1.COc1cc(-c2nc(SCC(=O)O)n[nH]2)ccc1C.COc1ccc(-c2nc(SCC(=O)O)n[nH]2)cc1C.COc1cccc(-c2nc(SCC(=O)O)n[nH]2)c1.Cc1ccc(-c2nc(SCC(=O)O)n[nH]2)cc1O.O=C(O)CSc1n[nH]c(-c2cccc(F)c2)n1. The molecule has 42 heteroatoms. The highest BCUT2D eigenvalue weighted by molar-refractivity contribution is 8.00. The molecule has 0 aliphatic carbocycles. The number of ether oxygens (including phenoxy) is 4. The van der Waals surface area contributed by atoms with Gasteiger partial charge in [-0.2, -0.15) is 0 Å². The molecule has 0 saturated carbocycles. The Morgan fingerprint density at radius 1 is 0.351 bits per heavy atom. The number of aliphatic carboxylic acids is 6. The summed E-state index contributed by atoms with van der Waals surface area (Å²) in [5.41, 5.74) is 8.65. The molecule has 0 aliphatic rings. The number of H-pyrrole nitrogens is 6. The third-order valence-electron chi connectivity index (χ3n) is 13.9. The zero-order valence-electron chi connectivity index (χ0n) is 59.9. The molecule has 0 radical (unpaired) electrons. The summed E-state index contributed by atoms with van der Waals surface area (Å²) in [6, 6.07) is 35.7. The highest BCUT2D eigenvalue weighted by atomic mass is 32.2. The van der Waals surface area contributed by atoms with Crippen molar-refractivity contribution < 1.29 is 87.9 Å². The molecule has 0 aliphatic heterocycles. The number of carboxylic acids is 6. The summed E-state index contributed by atoms with van der Waals surface area (Å²) in [5.74, 6) is 0.322. The van der Waals surface area contributed by atoms with E-state index >= 15 is 0 Å². The van der Waals surface area contributed by atoms with E-state index in [9.17, 15) is 38.3 Å². The number of phenols is 1. The van der Waals surface area contributed by atoms with Crippen LogP contribution in [0.5, 0.6) is 28.7 Å². The van der Waals surface area contributed by atoms with Gasteiger partial charge in [-0.1, -0.05) is 126 Å². The second-order valence-corrected chi connectivity index (χ2v) is 27.6. The standard InChI is InChI=1S/C13H15N3O3S.2C12H13N3O3S.2C11H11N3O3S.C10H8FN3O2S/c1-3-8-4-9(6-10(5-8)19-2)12-14-13(16-15-12)20-7-11(17)18;1-7-5-8(3-4-9(7)18-2)11-13-12(15-14-11)19-6-10(16)17;1-7-3-4-8(5-9(7)18-2)11-13-12(15-14-11)19-6-10(16)17;1-6-2-3-7(4-8(6)15)10-12-11(14-13-10)18-5-9(16)17;1-17-8-4-2-3-7(5-8)10-12-11(14-13-10)18-6-9(15)16;11-7-3-1-2-6(4-7)9-12-10(14-13-9)17-5-8(15)16/h4-6H,3,7H2,1-2H3,(H,17,18)(H,14,15,16);2*3-5H,6H2,1-2H3,(H,16,17)(H,13,14,15);2-4,15H,5H2,1H3,(H,16,17)(H,12,13,14);2-5H,6H2,1H3,(H,15,16)(H,12,13,14);1-4H,5H2,(H,15,16)(H,12,13,14). The molecule has 582 valence electrons. The lowest BCUT2D eigenvalue weighted by molar-refractivity contribution is -0.134. The van der Waals surface area contributed by atoms with Gasteiger partial charge in [-0.25, -0.2) is 34.3 Å². The maximum Gasteiger partial charge on any atom is 0.313 e. The van der Waals surface area contributed by atoms with Gasteiger partial charge in [0, 0.05) is 33.4 Å². The Hall–Kier alpha value is -12.0. The maximum atomic E-state index is 13.0. The summed E-state index contributed by atoms with van der Waals surface area (Å²) in [4.78, 5) is 87.8. The average Bonchev–Trinajstić information content (AvgIpc) is 1.78. The molecular formula is C69H71FN18O17S6. The lowest BCUT2D eigenvalue weighted by atomic mass is 10.1. The van der Waals surface area contributed by atoms with Crippen LogP contribution in [-0.2, 0) is 35.2 Å². The van der Waals surface area contributed by atoms with Gasteiger partial charge >= 0.3 is 35.8 Å². The molecule has 12 aromatic rings. The van der Waals surface area contributed by atoms with Crippen molar-refractivity contribution in [3.63, 3.8) is 0 Å². The number of phenolic OH excluding ortho intramolecular Hbond substituents is 1. The van der Waals surface area contributed by atoms with Crippen molar-refractivity contribution in [2.24, 2.45) is 0 Å².